The number of halogens is 1. The number of aromatic nitrogens is 4. The van der Waals surface area contributed by atoms with Crippen molar-refractivity contribution in [2.24, 2.45) is 0 Å². The van der Waals surface area contributed by atoms with Gasteiger partial charge in [-0.15, -0.1) is 0 Å². The van der Waals surface area contributed by atoms with Crippen molar-refractivity contribution in [3.05, 3.63) is 78.1 Å². The zero-order chi connectivity index (χ0) is 25.8. The number of imidazole rings is 1. The Kier molecular flexibility index (Phi) is 7.25. The Morgan fingerprint density at radius 3 is 2.57 bits per heavy atom. The number of benzene rings is 2. The van der Waals surface area contributed by atoms with Gasteiger partial charge in [0.1, 0.15) is 36.5 Å². The first kappa shape index (κ1) is 24.6. The van der Waals surface area contributed by atoms with Crippen LogP contribution in [0, 0.1) is 17.7 Å². The lowest BCUT2D eigenvalue weighted by Gasteiger charge is -2.16. The van der Waals surface area contributed by atoms with Crippen molar-refractivity contribution < 1.29 is 29.2 Å². The summed E-state index contributed by atoms with van der Waals surface area (Å²) in [4.78, 5) is 13.4. The minimum atomic E-state index is -1.31. The van der Waals surface area contributed by atoms with Crippen LogP contribution in [0.3, 0.4) is 0 Å². The van der Waals surface area contributed by atoms with Crippen LogP contribution >= 0.6 is 0 Å². The molecule has 11 heteroatoms. The Morgan fingerprint density at radius 1 is 1.05 bits per heavy atom. The van der Waals surface area contributed by atoms with E-state index in [4.69, 9.17) is 9.47 Å². The van der Waals surface area contributed by atoms with Crippen LogP contribution in [0.1, 0.15) is 17.6 Å². The van der Waals surface area contributed by atoms with Gasteiger partial charge in [0.25, 0.3) is 0 Å². The normalized spacial score (nSPS) is 21.0. The van der Waals surface area contributed by atoms with Gasteiger partial charge < -0.3 is 30.1 Å². The van der Waals surface area contributed by atoms with Crippen molar-refractivity contribution in [1.82, 2.24) is 19.5 Å². The number of hydrogen-bond donors (Lipinski definition) is 4. The number of para-hydroxylation sites is 1. The topological polar surface area (TPSA) is 135 Å². The molecule has 10 nitrogen and oxygen atoms in total. The Labute approximate surface area is 211 Å². The number of rotatable bonds is 7. The van der Waals surface area contributed by atoms with Crippen molar-refractivity contribution in [3.8, 4) is 17.6 Å². The van der Waals surface area contributed by atoms with Crippen LogP contribution in [0.25, 0.3) is 11.2 Å². The Morgan fingerprint density at radius 2 is 1.84 bits per heavy atom. The number of nitrogens with zero attached hydrogens (tertiary/aromatic N) is 4. The molecular weight excluding hydrogens is 481 g/mol. The van der Waals surface area contributed by atoms with Gasteiger partial charge in [0.2, 0.25) is 5.82 Å². The molecule has 1 fully saturated rings. The van der Waals surface area contributed by atoms with E-state index < -0.39 is 31.1 Å². The van der Waals surface area contributed by atoms with Gasteiger partial charge in [0.15, 0.2) is 23.2 Å². The summed E-state index contributed by atoms with van der Waals surface area (Å²) in [6, 6.07) is 15.3. The monoisotopic (exact) mass is 505 g/mol. The second-order valence-electron chi connectivity index (χ2n) is 8.33. The zero-order valence-electron chi connectivity index (χ0n) is 19.5. The average molecular weight is 506 g/mol. The van der Waals surface area contributed by atoms with Gasteiger partial charge in [-0.1, -0.05) is 36.3 Å². The van der Waals surface area contributed by atoms with Crippen LogP contribution in [0.2, 0.25) is 0 Å². The largest absolute Gasteiger partial charge is 0.481 e. The molecule has 1 saturated heterocycles. The number of fused-ring (bicyclic) bond motifs is 1. The standard InChI is InChI=1S/C26H24FN5O5/c27-17-10-8-16(9-11-17)13-28-24-21-25(32(15-29-21)26-23(35)22(34)19(14-33)37-26)31-20(30-24)7-4-12-36-18-5-2-1-3-6-18/h1-3,5-6,8-11,15,19,22-23,26,33-35H,12-14H2,(H,28,30,31)/t19-,22-,23-,26-/m1/s1. The summed E-state index contributed by atoms with van der Waals surface area (Å²) in [6.07, 6.45) is -3.16. The third-order valence-electron chi connectivity index (χ3n) is 5.84. The molecule has 0 spiro atoms. The average Bonchev–Trinajstić information content (AvgIpc) is 3.47. The molecule has 4 N–H and O–H groups in total. The number of aliphatic hydroxyl groups is 3. The highest BCUT2D eigenvalue weighted by molar-refractivity contribution is 5.83. The number of anilines is 1. The van der Waals surface area contributed by atoms with Crippen LogP contribution in [0.4, 0.5) is 10.2 Å². The first-order chi connectivity index (χ1) is 18.0. The molecule has 4 atom stereocenters. The molecule has 5 rings (SSSR count). The molecule has 37 heavy (non-hydrogen) atoms. The molecule has 2 aromatic heterocycles. The predicted octanol–water partition coefficient (Wildman–Crippen LogP) is 1.62. The van der Waals surface area contributed by atoms with Crippen molar-refractivity contribution in [2.45, 2.75) is 31.1 Å². The summed E-state index contributed by atoms with van der Waals surface area (Å²) in [7, 11) is 0. The second kappa shape index (κ2) is 10.9. The van der Waals surface area contributed by atoms with Gasteiger partial charge in [0, 0.05) is 6.54 Å². The Bertz CT molecular complexity index is 1420. The lowest BCUT2D eigenvalue weighted by Crippen LogP contribution is -2.33. The van der Waals surface area contributed by atoms with Gasteiger partial charge in [-0.3, -0.25) is 4.57 Å². The lowest BCUT2D eigenvalue weighted by molar-refractivity contribution is -0.0511. The van der Waals surface area contributed by atoms with Gasteiger partial charge in [-0.25, -0.2) is 19.3 Å². The predicted molar refractivity (Wildman–Crippen MR) is 131 cm³/mol. The van der Waals surface area contributed by atoms with E-state index in [0.717, 1.165) is 5.56 Å². The van der Waals surface area contributed by atoms with Gasteiger partial charge >= 0.3 is 0 Å². The molecule has 3 heterocycles. The van der Waals surface area contributed by atoms with Crippen LogP contribution < -0.4 is 10.1 Å². The van der Waals surface area contributed by atoms with Crippen molar-refractivity contribution in [1.29, 1.82) is 0 Å². The van der Waals surface area contributed by atoms with Gasteiger partial charge in [-0.05, 0) is 35.7 Å². The summed E-state index contributed by atoms with van der Waals surface area (Å²) in [6.45, 7) is -0.0200. The lowest BCUT2D eigenvalue weighted by atomic mass is 10.1. The van der Waals surface area contributed by atoms with E-state index in [2.05, 4.69) is 32.1 Å². The Hall–Kier alpha value is -4.08. The highest BCUT2D eigenvalue weighted by Crippen LogP contribution is 2.32. The van der Waals surface area contributed by atoms with Crippen LogP contribution in [0.5, 0.6) is 5.75 Å². The molecule has 1 aliphatic heterocycles. The first-order valence-corrected chi connectivity index (χ1v) is 11.6. The fourth-order valence-electron chi connectivity index (χ4n) is 3.93. The highest BCUT2D eigenvalue weighted by atomic mass is 19.1. The number of nitrogens with one attached hydrogen (secondary N) is 1. The van der Waals surface area contributed by atoms with E-state index in [9.17, 15) is 19.7 Å². The fourth-order valence-corrected chi connectivity index (χ4v) is 3.93. The third kappa shape index (κ3) is 5.37. The molecule has 0 amide bonds. The van der Waals surface area contributed by atoms with Gasteiger partial charge in [0.05, 0.1) is 12.9 Å². The molecule has 0 saturated carbocycles. The number of hydrogen-bond acceptors (Lipinski definition) is 9. The summed E-state index contributed by atoms with van der Waals surface area (Å²) in [5.41, 5.74) is 1.51. The zero-order valence-corrected chi connectivity index (χ0v) is 19.5. The molecule has 0 aliphatic carbocycles. The van der Waals surface area contributed by atoms with Crippen molar-refractivity contribution >= 4 is 17.0 Å². The van der Waals surface area contributed by atoms with E-state index in [1.165, 1.54) is 23.0 Å². The smallest absolute Gasteiger partial charge is 0.209 e. The fraction of sp³-hybridized carbons (Fsp3) is 0.269. The molecule has 0 bridgehead atoms. The van der Waals surface area contributed by atoms with E-state index in [1.54, 1.807) is 12.1 Å². The van der Waals surface area contributed by atoms with Gasteiger partial charge in [-0.2, -0.15) is 0 Å². The van der Waals surface area contributed by atoms with Crippen LogP contribution in [0.15, 0.2) is 60.9 Å². The highest BCUT2D eigenvalue weighted by Gasteiger charge is 2.44. The van der Waals surface area contributed by atoms with E-state index >= 15 is 0 Å². The first-order valence-electron chi connectivity index (χ1n) is 11.6. The van der Waals surface area contributed by atoms with Crippen molar-refractivity contribution in [3.63, 3.8) is 0 Å². The molecule has 1 aliphatic rings. The maximum Gasteiger partial charge on any atom is 0.209 e. The summed E-state index contributed by atoms with van der Waals surface area (Å²) < 4.78 is 26.0. The third-order valence-corrected chi connectivity index (χ3v) is 5.84. The minimum Gasteiger partial charge on any atom is -0.481 e. The molecule has 190 valence electrons. The number of aliphatic hydroxyl groups excluding tert-OH is 3. The molecule has 4 aromatic rings. The van der Waals surface area contributed by atoms with E-state index in [0.29, 0.717) is 29.3 Å². The van der Waals surface area contributed by atoms with E-state index in [-0.39, 0.29) is 18.2 Å². The SMILES string of the molecule is OC[C@H]1O[C@@H](n2cnc3c(NCc4ccc(F)cc4)nc(C#CCOc4ccccc4)nc32)[C@H](O)[C@@H]1O. The maximum absolute atomic E-state index is 13.3. The van der Waals surface area contributed by atoms with E-state index in [1.807, 2.05) is 30.3 Å². The summed E-state index contributed by atoms with van der Waals surface area (Å²) >= 11 is 0. The second-order valence-corrected chi connectivity index (χ2v) is 8.33. The molecule has 2 aromatic carbocycles. The van der Waals surface area contributed by atoms with Crippen LogP contribution in [-0.2, 0) is 11.3 Å². The molecule has 0 unspecified atom stereocenters. The van der Waals surface area contributed by atoms with Crippen LogP contribution in [-0.4, -0.2) is 66.4 Å². The summed E-state index contributed by atoms with van der Waals surface area (Å²) in [5.74, 6) is 6.65. The molecular formula is C26H24FN5O5. The number of ether oxygens (including phenoxy) is 2. The summed E-state index contributed by atoms with van der Waals surface area (Å²) in [5, 5.41) is 33.4. The van der Waals surface area contributed by atoms with Crippen molar-refractivity contribution in [2.75, 3.05) is 18.5 Å². The Balaban J connectivity index is 1.45. The quantitative estimate of drug-likeness (QED) is 0.276. The molecule has 0 radical (unpaired) electrons. The maximum atomic E-state index is 13.3. The minimum absolute atomic E-state index is 0.109.